The Labute approximate surface area is 74.1 Å². The van der Waals surface area contributed by atoms with E-state index in [0.29, 0.717) is 6.04 Å². The third-order valence-corrected chi connectivity index (χ3v) is 2.79. The first-order chi connectivity index (χ1) is 5.77. The molecule has 70 valence electrons. The van der Waals surface area contributed by atoms with E-state index in [1.165, 1.54) is 19.4 Å². The van der Waals surface area contributed by atoms with Crippen molar-refractivity contribution in [1.29, 1.82) is 0 Å². The second-order valence-electron chi connectivity index (χ2n) is 3.63. The van der Waals surface area contributed by atoms with Gasteiger partial charge in [-0.25, -0.2) is 0 Å². The number of nitrogens with one attached hydrogen (secondary N) is 1. The molecule has 0 aromatic heterocycles. The SMILES string of the molecule is CC[C@@H]1C[C@@H](CNC=O)N(C)C1. The molecule has 2 atom stereocenters. The van der Waals surface area contributed by atoms with E-state index in [0.717, 1.165) is 18.9 Å². The van der Waals surface area contributed by atoms with Crippen LogP contribution >= 0.6 is 0 Å². The van der Waals surface area contributed by atoms with Crippen molar-refractivity contribution >= 4 is 6.41 Å². The fourth-order valence-electron chi connectivity index (χ4n) is 1.91. The molecule has 3 heteroatoms. The smallest absolute Gasteiger partial charge is 0.207 e. The molecule has 1 rings (SSSR count). The molecule has 3 nitrogen and oxygen atoms in total. The minimum Gasteiger partial charge on any atom is -0.357 e. The van der Waals surface area contributed by atoms with Crippen LogP contribution < -0.4 is 5.32 Å². The fourth-order valence-corrected chi connectivity index (χ4v) is 1.91. The quantitative estimate of drug-likeness (QED) is 0.622. The van der Waals surface area contributed by atoms with Crippen LogP contribution in [0.5, 0.6) is 0 Å². The first kappa shape index (κ1) is 9.52. The molecule has 0 aromatic rings. The van der Waals surface area contributed by atoms with Crippen LogP contribution in [0.2, 0.25) is 0 Å². The van der Waals surface area contributed by atoms with Gasteiger partial charge >= 0.3 is 0 Å². The third kappa shape index (κ3) is 2.21. The normalized spacial score (nSPS) is 30.5. The Kier molecular flexibility index (Phi) is 3.53. The van der Waals surface area contributed by atoms with E-state index in [4.69, 9.17) is 0 Å². The zero-order valence-electron chi connectivity index (χ0n) is 7.92. The Bertz CT molecular complexity index is 149. The lowest BCUT2D eigenvalue weighted by Gasteiger charge is -2.17. The average Bonchev–Trinajstić information content (AvgIpc) is 2.43. The summed E-state index contributed by atoms with van der Waals surface area (Å²) < 4.78 is 0. The molecule has 0 spiro atoms. The largest absolute Gasteiger partial charge is 0.357 e. The van der Waals surface area contributed by atoms with Gasteiger partial charge in [0.05, 0.1) is 0 Å². The number of likely N-dealkylation sites (N-methyl/N-ethyl adjacent to an activating group) is 1. The summed E-state index contributed by atoms with van der Waals surface area (Å²) in [6, 6.07) is 0.556. The van der Waals surface area contributed by atoms with Crippen molar-refractivity contribution in [2.24, 2.45) is 5.92 Å². The lowest BCUT2D eigenvalue weighted by molar-refractivity contribution is -0.109. The topological polar surface area (TPSA) is 32.3 Å². The molecule has 0 aliphatic carbocycles. The van der Waals surface area contributed by atoms with Crippen molar-refractivity contribution < 1.29 is 4.79 Å². The van der Waals surface area contributed by atoms with Crippen LogP contribution in [0, 0.1) is 5.92 Å². The summed E-state index contributed by atoms with van der Waals surface area (Å²) in [6.45, 7) is 4.21. The molecule has 0 radical (unpaired) electrons. The van der Waals surface area contributed by atoms with Gasteiger partial charge in [0.15, 0.2) is 0 Å². The maximum atomic E-state index is 10.1. The van der Waals surface area contributed by atoms with Crippen molar-refractivity contribution in [2.45, 2.75) is 25.8 Å². The summed E-state index contributed by atoms with van der Waals surface area (Å²) in [4.78, 5) is 12.4. The number of carbonyl (C=O) groups is 1. The fraction of sp³-hybridized carbons (Fsp3) is 0.889. The molecule has 0 saturated carbocycles. The zero-order valence-corrected chi connectivity index (χ0v) is 7.92. The molecule has 1 N–H and O–H groups in total. The summed E-state index contributed by atoms with van der Waals surface area (Å²) in [5.74, 6) is 0.827. The highest BCUT2D eigenvalue weighted by Crippen LogP contribution is 2.23. The Morgan fingerprint density at radius 3 is 2.92 bits per heavy atom. The highest BCUT2D eigenvalue weighted by atomic mass is 16.1. The minimum atomic E-state index is 0.556. The molecule has 12 heavy (non-hydrogen) atoms. The van der Waals surface area contributed by atoms with E-state index in [1.54, 1.807) is 0 Å². The Morgan fingerprint density at radius 2 is 2.42 bits per heavy atom. The van der Waals surface area contributed by atoms with Crippen molar-refractivity contribution in [2.75, 3.05) is 20.1 Å². The van der Waals surface area contributed by atoms with Gasteiger partial charge in [0.1, 0.15) is 0 Å². The standard InChI is InChI=1S/C9H18N2O/c1-3-8-4-9(5-10-7-12)11(2)6-8/h7-9H,3-6H2,1-2H3,(H,10,12)/t8-,9+/m1/s1. The Balaban J connectivity index is 2.30. The highest BCUT2D eigenvalue weighted by Gasteiger charge is 2.27. The number of carbonyl (C=O) groups excluding carboxylic acids is 1. The lowest BCUT2D eigenvalue weighted by Crippen LogP contribution is -2.34. The molecule has 1 amide bonds. The van der Waals surface area contributed by atoms with Gasteiger partial charge < -0.3 is 10.2 Å². The van der Waals surface area contributed by atoms with E-state index in [9.17, 15) is 4.79 Å². The van der Waals surface area contributed by atoms with E-state index in [2.05, 4.69) is 24.2 Å². The molecule has 1 fully saturated rings. The first-order valence-electron chi connectivity index (χ1n) is 4.65. The molecule has 1 aliphatic rings. The second-order valence-corrected chi connectivity index (χ2v) is 3.63. The minimum absolute atomic E-state index is 0.556. The maximum Gasteiger partial charge on any atom is 0.207 e. The second kappa shape index (κ2) is 4.45. The van der Waals surface area contributed by atoms with Crippen LogP contribution in [0.15, 0.2) is 0 Å². The van der Waals surface area contributed by atoms with Gasteiger partial charge in [-0.2, -0.15) is 0 Å². The van der Waals surface area contributed by atoms with Gasteiger partial charge in [-0.15, -0.1) is 0 Å². The van der Waals surface area contributed by atoms with Crippen LogP contribution in [-0.2, 0) is 4.79 Å². The summed E-state index contributed by atoms with van der Waals surface area (Å²) >= 11 is 0. The van der Waals surface area contributed by atoms with Gasteiger partial charge in [0, 0.05) is 19.1 Å². The first-order valence-corrected chi connectivity index (χ1v) is 4.65. The van der Waals surface area contributed by atoms with Crippen molar-refractivity contribution in [3.63, 3.8) is 0 Å². The number of hydrogen-bond acceptors (Lipinski definition) is 2. The van der Waals surface area contributed by atoms with Crippen LogP contribution in [0.4, 0.5) is 0 Å². The molecule has 1 aliphatic heterocycles. The van der Waals surface area contributed by atoms with Crippen molar-refractivity contribution in [3.05, 3.63) is 0 Å². The van der Waals surface area contributed by atoms with Crippen LogP contribution in [0.25, 0.3) is 0 Å². The number of nitrogens with zero attached hydrogens (tertiary/aromatic N) is 1. The van der Waals surface area contributed by atoms with Gasteiger partial charge in [-0.1, -0.05) is 13.3 Å². The zero-order chi connectivity index (χ0) is 8.97. The summed E-state index contributed by atoms with van der Waals surface area (Å²) in [5, 5.41) is 2.74. The molecule has 0 unspecified atom stereocenters. The predicted molar refractivity (Wildman–Crippen MR) is 48.9 cm³/mol. The number of rotatable bonds is 4. The van der Waals surface area contributed by atoms with Gasteiger partial charge in [-0.05, 0) is 19.4 Å². The summed E-state index contributed by atoms with van der Waals surface area (Å²) in [6.07, 6.45) is 3.27. The van der Waals surface area contributed by atoms with E-state index < -0.39 is 0 Å². The van der Waals surface area contributed by atoms with Crippen LogP contribution in [-0.4, -0.2) is 37.5 Å². The van der Waals surface area contributed by atoms with Gasteiger partial charge in [-0.3, -0.25) is 4.79 Å². The monoisotopic (exact) mass is 170 g/mol. The summed E-state index contributed by atoms with van der Waals surface area (Å²) in [7, 11) is 2.13. The van der Waals surface area contributed by atoms with E-state index >= 15 is 0 Å². The Morgan fingerprint density at radius 1 is 1.67 bits per heavy atom. The van der Waals surface area contributed by atoms with Gasteiger partial charge in [0.2, 0.25) is 6.41 Å². The predicted octanol–water partition coefficient (Wildman–Crippen LogP) is 0.463. The van der Waals surface area contributed by atoms with Crippen LogP contribution in [0.3, 0.4) is 0 Å². The van der Waals surface area contributed by atoms with E-state index in [-0.39, 0.29) is 0 Å². The summed E-state index contributed by atoms with van der Waals surface area (Å²) in [5.41, 5.74) is 0. The van der Waals surface area contributed by atoms with E-state index in [1.807, 2.05) is 0 Å². The average molecular weight is 170 g/mol. The molecular weight excluding hydrogens is 152 g/mol. The maximum absolute atomic E-state index is 10.1. The lowest BCUT2D eigenvalue weighted by atomic mass is 10.0. The molecule has 1 heterocycles. The number of likely N-dealkylation sites (tertiary alicyclic amines) is 1. The Hall–Kier alpha value is -0.570. The number of hydrogen-bond donors (Lipinski definition) is 1. The molecule has 0 aromatic carbocycles. The van der Waals surface area contributed by atoms with Crippen LogP contribution in [0.1, 0.15) is 19.8 Å². The number of amides is 1. The molecule has 1 saturated heterocycles. The third-order valence-electron chi connectivity index (χ3n) is 2.79. The molecular formula is C9H18N2O. The molecule has 0 bridgehead atoms. The van der Waals surface area contributed by atoms with Crippen molar-refractivity contribution in [3.8, 4) is 0 Å². The highest BCUT2D eigenvalue weighted by molar-refractivity contribution is 5.45. The van der Waals surface area contributed by atoms with Crippen molar-refractivity contribution in [1.82, 2.24) is 10.2 Å². The van der Waals surface area contributed by atoms with Gasteiger partial charge in [0.25, 0.3) is 0 Å².